The number of benzene rings is 1. The molecule has 0 N–H and O–H groups in total. The highest BCUT2D eigenvalue weighted by Gasteiger charge is 2.37. The zero-order valence-corrected chi connectivity index (χ0v) is 23.4. The van der Waals surface area contributed by atoms with Gasteiger partial charge < -0.3 is 9.47 Å². The van der Waals surface area contributed by atoms with Gasteiger partial charge in [0.1, 0.15) is 9.75 Å². The van der Waals surface area contributed by atoms with Crippen LogP contribution in [0.1, 0.15) is 81.1 Å². The minimum atomic E-state index is -0.230. The molecule has 0 fully saturated rings. The summed E-state index contributed by atoms with van der Waals surface area (Å²) in [6.45, 7) is 9.02. The van der Waals surface area contributed by atoms with Crippen LogP contribution in [0.3, 0.4) is 0 Å². The molecule has 4 nitrogen and oxygen atoms in total. The standard InChI is InChI=1S/C28H22O4S4/c1-5-31-27(29)19-9-17-25(35-19)21-11(3)13-7-16-14(8-15(13)23(21)33-17)12(4)22-24(16)34-18-10-20(36-26(18)22)28(30)32-6-2/h7-12H,5-6H2,1-4H3. The lowest BCUT2D eigenvalue weighted by Crippen LogP contribution is -2.01. The lowest BCUT2D eigenvalue weighted by Gasteiger charge is -2.12. The molecule has 1 aromatic carbocycles. The van der Waals surface area contributed by atoms with E-state index in [1.54, 1.807) is 45.3 Å². The van der Waals surface area contributed by atoms with Crippen LogP contribution in [0.25, 0.3) is 39.7 Å². The van der Waals surface area contributed by atoms with Crippen LogP contribution in [0.5, 0.6) is 0 Å². The van der Waals surface area contributed by atoms with Gasteiger partial charge in [-0.3, -0.25) is 0 Å². The maximum Gasteiger partial charge on any atom is 0.348 e. The van der Waals surface area contributed by atoms with Crippen molar-refractivity contribution < 1.29 is 19.1 Å². The van der Waals surface area contributed by atoms with E-state index in [-0.39, 0.29) is 23.8 Å². The molecule has 0 saturated heterocycles. The number of hydrogen-bond donors (Lipinski definition) is 0. The number of ether oxygens (including phenoxy) is 2. The molecular weight excluding hydrogens is 529 g/mol. The first kappa shape index (κ1) is 22.7. The molecule has 0 radical (unpaired) electrons. The van der Waals surface area contributed by atoms with E-state index in [1.165, 1.54) is 61.9 Å². The number of carbonyl (C=O) groups excluding carboxylic acids is 2. The second kappa shape index (κ2) is 7.99. The fourth-order valence-corrected chi connectivity index (χ4v) is 11.2. The molecule has 4 heterocycles. The van der Waals surface area contributed by atoms with Gasteiger partial charge in [-0.25, -0.2) is 9.59 Å². The van der Waals surface area contributed by atoms with Gasteiger partial charge in [0.05, 0.1) is 22.6 Å². The van der Waals surface area contributed by atoms with Crippen LogP contribution in [0.4, 0.5) is 0 Å². The molecule has 7 rings (SSSR count). The molecule has 0 bridgehead atoms. The van der Waals surface area contributed by atoms with Gasteiger partial charge >= 0.3 is 11.9 Å². The number of fused-ring (bicyclic) bond motifs is 10. The second-order valence-corrected chi connectivity index (χ2v) is 13.4. The lowest BCUT2D eigenvalue weighted by atomic mass is 9.93. The van der Waals surface area contributed by atoms with Gasteiger partial charge in [0.25, 0.3) is 0 Å². The zero-order chi connectivity index (χ0) is 24.9. The summed E-state index contributed by atoms with van der Waals surface area (Å²) in [4.78, 5) is 28.7. The highest BCUT2D eigenvalue weighted by molar-refractivity contribution is 7.31. The lowest BCUT2D eigenvalue weighted by molar-refractivity contribution is 0.0522. The molecule has 5 aromatic rings. The van der Waals surface area contributed by atoms with E-state index in [2.05, 4.69) is 26.0 Å². The quantitative estimate of drug-likeness (QED) is 0.210. The first-order valence-electron chi connectivity index (χ1n) is 12.1. The minimum Gasteiger partial charge on any atom is -0.462 e. The summed E-state index contributed by atoms with van der Waals surface area (Å²) in [7, 11) is 0. The Morgan fingerprint density at radius 3 is 1.50 bits per heavy atom. The minimum absolute atomic E-state index is 0.230. The first-order valence-corrected chi connectivity index (χ1v) is 15.3. The van der Waals surface area contributed by atoms with Crippen molar-refractivity contribution >= 4 is 76.1 Å². The Balaban J connectivity index is 1.32. The molecule has 8 heteroatoms. The molecule has 182 valence electrons. The van der Waals surface area contributed by atoms with Crippen molar-refractivity contribution in [2.75, 3.05) is 13.2 Å². The monoisotopic (exact) mass is 550 g/mol. The maximum atomic E-state index is 12.3. The molecular formula is C28H22O4S4. The van der Waals surface area contributed by atoms with Gasteiger partial charge in [-0.2, -0.15) is 0 Å². The summed E-state index contributed by atoms with van der Waals surface area (Å²) in [5.74, 6) is 0.0936. The molecule has 2 unspecified atom stereocenters. The third-order valence-electron chi connectivity index (χ3n) is 7.26. The maximum absolute atomic E-state index is 12.3. The Bertz CT molecular complexity index is 1620. The second-order valence-electron chi connectivity index (χ2n) is 9.21. The van der Waals surface area contributed by atoms with Gasteiger partial charge in [0.15, 0.2) is 0 Å². The van der Waals surface area contributed by atoms with Gasteiger partial charge in [0, 0.05) is 31.0 Å². The van der Waals surface area contributed by atoms with E-state index in [0.29, 0.717) is 23.0 Å². The SMILES string of the molecule is CCOC(=O)c1cc2sc3c(c2s1)C(C)c1cc2c(cc1-3)C(C)c1c-2sc2cc(C(=O)OCC)sc12. The van der Waals surface area contributed by atoms with E-state index in [0.717, 1.165) is 0 Å². The van der Waals surface area contributed by atoms with Crippen molar-refractivity contribution in [3.05, 3.63) is 56.3 Å². The number of thiophene rings is 4. The highest BCUT2D eigenvalue weighted by atomic mass is 32.1. The van der Waals surface area contributed by atoms with Gasteiger partial charge in [-0.1, -0.05) is 13.8 Å². The molecule has 36 heavy (non-hydrogen) atoms. The Morgan fingerprint density at radius 1 is 0.694 bits per heavy atom. The fraction of sp³-hybridized carbons (Fsp3) is 0.286. The number of hydrogen-bond acceptors (Lipinski definition) is 8. The average molecular weight is 551 g/mol. The Hall–Kier alpha value is -2.52. The topological polar surface area (TPSA) is 52.6 Å². The van der Waals surface area contributed by atoms with Crippen LogP contribution in [0.15, 0.2) is 24.3 Å². The highest BCUT2D eigenvalue weighted by Crippen LogP contribution is 2.60. The summed E-state index contributed by atoms with van der Waals surface area (Å²) in [6.07, 6.45) is 0. The normalized spacial score (nSPS) is 17.3. The smallest absolute Gasteiger partial charge is 0.348 e. The number of rotatable bonds is 4. The van der Waals surface area contributed by atoms with E-state index in [4.69, 9.17) is 9.47 Å². The van der Waals surface area contributed by atoms with E-state index in [9.17, 15) is 9.59 Å². The number of carbonyl (C=O) groups is 2. The van der Waals surface area contributed by atoms with Crippen LogP contribution >= 0.6 is 45.3 Å². The van der Waals surface area contributed by atoms with Gasteiger partial charge in [0.2, 0.25) is 0 Å². The van der Waals surface area contributed by atoms with Gasteiger partial charge in [-0.15, -0.1) is 45.3 Å². The largest absolute Gasteiger partial charge is 0.462 e. The molecule has 0 spiro atoms. The Morgan fingerprint density at radius 2 is 1.11 bits per heavy atom. The molecule has 0 aliphatic heterocycles. The molecule has 4 aromatic heterocycles. The molecule has 0 amide bonds. The summed E-state index contributed by atoms with van der Waals surface area (Å²) in [6, 6.07) is 8.80. The Labute approximate surface area is 224 Å². The third kappa shape index (κ3) is 2.96. The van der Waals surface area contributed by atoms with E-state index in [1.807, 2.05) is 26.0 Å². The summed E-state index contributed by atoms with van der Waals surface area (Å²) in [5, 5.41) is 0. The van der Waals surface area contributed by atoms with Crippen LogP contribution < -0.4 is 0 Å². The molecule has 2 atom stereocenters. The predicted molar refractivity (Wildman–Crippen MR) is 151 cm³/mol. The van der Waals surface area contributed by atoms with Crippen molar-refractivity contribution in [2.24, 2.45) is 0 Å². The van der Waals surface area contributed by atoms with Crippen LogP contribution in [-0.4, -0.2) is 25.2 Å². The fourth-order valence-electron chi connectivity index (χ4n) is 5.66. The van der Waals surface area contributed by atoms with Crippen molar-refractivity contribution in [2.45, 2.75) is 39.5 Å². The van der Waals surface area contributed by atoms with Gasteiger partial charge in [-0.05, 0) is 71.5 Å². The van der Waals surface area contributed by atoms with Crippen LogP contribution in [0, 0.1) is 0 Å². The van der Waals surface area contributed by atoms with E-state index >= 15 is 0 Å². The van der Waals surface area contributed by atoms with Crippen molar-refractivity contribution in [1.82, 2.24) is 0 Å². The number of esters is 2. The van der Waals surface area contributed by atoms with Crippen molar-refractivity contribution in [3.8, 4) is 20.9 Å². The summed E-state index contributed by atoms with van der Waals surface area (Å²) in [5.41, 5.74) is 8.11. The first-order chi connectivity index (χ1) is 17.4. The van der Waals surface area contributed by atoms with Crippen LogP contribution in [-0.2, 0) is 9.47 Å². The molecule has 2 aliphatic carbocycles. The summed E-state index contributed by atoms with van der Waals surface area (Å²) >= 11 is 6.71. The van der Waals surface area contributed by atoms with E-state index < -0.39 is 0 Å². The zero-order valence-electron chi connectivity index (χ0n) is 20.1. The Kier molecular flexibility index (Phi) is 5.03. The average Bonchev–Trinajstić information content (AvgIpc) is 3.65. The summed E-state index contributed by atoms with van der Waals surface area (Å²) < 4.78 is 15.3. The van der Waals surface area contributed by atoms with Crippen molar-refractivity contribution in [1.29, 1.82) is 0 Å². The molecule has 2 aliphatic rings. The third-order valence-corrected chi connectivity index (χ3v) is 12.2. The van der Waals surface area contributed by atoms with Crippen LogP contribution in [0.2, 0.25) is 0 Å². The molecule has 0 saturated carbocycles. The predicted octanol–water partition coefficient (Wildman–Crippen LogP) is 8.86. The van der Waals surface area contributed by atoms with Crippen molar-refractivity contribution in [3.63, 3.8) is 0 Å².